The summed E-state index contributed by atoms with van der Waals surface area (Å²) >= 11 is 5.91. The lowest BCUT2D eigenvalue weighted by atomic mass is 9.87. The smallest absolute Gasteiger partial charge is 0.326 e. The lowest BCUT2D eigenvalue weighted by Crippen LogP contribution is -2.52. The van der Waals surface area contributed by atoms with Gasteiger partial charge in [0.25, 0.3) is 0 Å². The minimum absolute atomic E-state index is 0.280. The average molecular weight is 313 g/mol. The zero-order valence-corrected chi connectivity index (χ0v) is 13.4. The van der Waals surface area contributed by atoms with E-state index in [-0.39, 0.29) is 6.04 Å². The van der Waals surface area contributed by atoms with Gasteiger partial charge in [0.2, 0.25) is 0 Å². The zero-order valence-electron chi connectivity index (χ0n) is 12.6. The van der Waals surface area contributed by atoms with Gasteiger partial charge in [-0.15, -0.1) is 0 Å². The number of aliphatic carboxylic acids is 1. The van der Waals surface area contributed by atoms with Crippen LogP contribution in [0.1, 0.15) is 39.3 Å². The normalized spacial score (nSPS) is 14.1. The second-order valence-corrected chi connectivity index (χ2v) is 6.47. The van der Waals surface area contributed by atoms with Crippen LogP contribution in [0.15, 0.2) is 24.3 Å². The summed E-state index contributed by atoms with van der Waals surface area (Å²) in [6, 6.07) is 5.37. The molecule has 1 aromatic carbocycles. The zero-order chi connectivity index (χ0) is 16.2. The van der Waals surface area contributed by atoms with Gasteiger partial charge in [0.15, 0.2) is 0 Å². The Hall–Kier alpha value is -1.75. The molecule has 0 fully saturated rings. The molecule has 0 aliphatic heterocycles. The Labute approximate surface area is 129 Å². The molecule has 2 unspecified atom stereocenters. The summed E-state index contributed by atoms with van der Waals surface area (Å²) in [6.07, 6.45) is 0. The summed E-state index contributed by atoms with van der Waals surface area (Å²) < 4.78 is 0. The molecule has 0 aliphatic rings. The summed E-state index contributed by atoms with van der Waals surface area (Å²) in [7, 11) is 0. The van der Waals surface area contributed by atoms with E-state index in [1.807, 2.05) is 6.07 Å². The molecule has 1 aromatic rings. The topological polar surface area (TPSA) is 78.4 Å². The van der Waals surface area contributed by atoms with Gasteiger partial charge in [-0.05, 0) is 30.0 Å². The molecule has 3 N–H and O–H groups in total. The van der Waals surface area contributed by atoms with Crippen molar-refractivity contribution in [1.29, 1.82) is 0 Å². The average Bonchev–Trinajstić information content (AvgIpc) is 2.34. The summed E-state index contributed by atoms with van der Waals surface area (Å²) in [5, 5.41) is 15.0. The van der Waals surface area contributed by atoms with Gasteiger partial charge in [0, 0.05) is 5.02 Å². The van der Waals surface area contributed by atoms with Gasteiger partial charge in [0.1, 0.15) is 6.04 Å². The summed E-state index contributed by atoms with van der Waals surface area (Å²) in [5.74, 6) is -1.06. The molecule has 2 amide bonds. The molecule has 0 saturated carbocycles. The lowest BCUT2D eigenvalue weighted by Gasteiger charge is -2.28. The van der Waals surface area contributed by atoms with Crippen LogP contribution in [0.4, 0.5) is 4.79 Å². The second-order valence-electron chi connectivity index (χ2n) is 6.03. The third kappa shape index (κ3) is 5.27. The van der Waals surface area contributed by atoms with Crippen LogP contribution in [0.5, 0.6) is 0 Å². The number of rotatable bonds is 4. The second kappa shape index (κ2) is 6.80. The molecular formula is C15H21ClN2O3. The third-order valence-corrected chi connectivity index (χ3v) is 3.32. The van der Waals surface area contributed by atoms with E-state index in [1.165, 1.54) is 0 Å². The molecule has 6 heteroatoms. The fourth-order valence-corrected chi connectivity index (χ4v) is 2.08. The molecule has 5 nitrogen and oxygen atoms in total. The number of halogens is 1. The largest absolute Gasteiger partial charge is 0.480 e. The molecule has 2 atom stereocenters. The van der Waals surface area contributed by atoms with Crippen LogP contribution in [0.25, 0.3) is 0 Å². The van der Waals surface area contributed by atoms with Gasteiger partial charge in [-0.3, -0.25) is 0 Å². The van der Waals surface area contributed by atoms with E-state index in [4.69, 9.17) is 11.6 Å². The Morgan fingerprint density at radius 1 is 1.24 bits per heavy atom. The van der Waals surface area contributed by atoms with Crippen LogP contribution in [-0.2, 0) is 4.79 Å². The van der Waals surface area contributed by atoms with Crippen molar-refractivity contribution in [2.45, 2.75) is 39.8 Å². The van der Waals surface area contributed by atoms with Crippen molar-refractivity contribution in [3.63, 3.8) is 0 Å². The van der Waals surface area contributed by atoms with Gasteiger partial charge in [-0.25, -0.2) is 9.59 Å². The minimum atomic E-state index is -1.06. The van der Waals surface area contributed by atoms with E-state index in [9.17, 15) is 14.7 Å². The number of carbonyl (C=O) groups is 2. The van der Waals surface area contributed by atoms with Gasteiger partial charge in [0.05, 0.1) is 6.04 Å². The summed E-state index contributed by atoms with van der Waals surface area (Å²) in [5.41, 5.74) is 0.267. The highest BCUT2D eigenvalue weighted by molar-refractivity contribution is 6.30. The van der Waals surface area contributed by atoms with Crippen molar-refractivity contribution in [1.82, 2.24) is 10.6 Å². The number of hydrogen-bond donors (Lipinski definition) is 3. The van der Waals surface area contributed by atoms with Crippen molar-refractivity contribution in [2.24, 2.45) is 5.41 Å². The number of nitrogens with one attached hydrogen (secondary N) is 2. The van der Waals surface area contributed by atoms with Gasteiger partial charge in [-0.1, -0.05) is 44.5 Å². The van der Waals surface area contributed by atoms with Crippen molar-refractivity contribution in [3.8, 4) is 0 Å². The minimum Gasteiger partial charge on any atom is -0.480 e. The molecule has 0 radical (unpaired) electrons. The Morgan fingerprint density at radius 3 is 2.33 bits per heavy atom. The van der Waals surface area contributed by atoms with E-state index in [0.29, 0.717) is 5.02 Å². The van der Waals surface area contributed by atoms with E-state index in [0.717, 1.165) is 5.56 Å². The Kier molecular flexibility index (Phi) is 5.61. The molecule has 116 valence electrons. The van der Waals surface area contributed by atoms with E-state index in [2.05, 4.69) is 10.6 Å². The van der Waals surface area contributed by atoms with Crippen LogP contribution in [0.3, 0.4) is 0 Å². The van der Waals surface area contributed by atoms with Gasteiger partial charge >= 0.3 is 12.0 Å². The number of carbonyl (C=O) groups excluding carboxylic acids is 1. The molecule has 0 aliphatic carbocycles. The lowest BCUT2D eigenvalue weighted by molar-refractivity contribution is -0.141. The number of carboxylic acids is 1. The number of amides is 2. The molecule has 0 aromatic heterocycles. The molecule has 0 bridgehead atoms. The molecule has 0 heterocycles. The highest BCUT2D eigenvalue weighted by atomic mass is 35.5. The first-order chi connectivity index (χ1) is 9.61. The van der Waals surface area contributed by atoms with Crippen LogP contribution in [0.2, 0.25) is 5.02 Å². The maximum absolute atomic E-state index is 12.0. The van der Waals surface area contributed by atoms with Crippen molar-refractivity contribution < 1.29 is 14.7 Å². The highest BCUT2D eigenvalue weighted by Gasteiger charge is 2.32. The fourth-order valence-electron chi connectivity index (χ4n) is 1.88. The summed E-state index contributed by atoms with van der Waals surface area (Å²) in [6.45, 7) is 7.07. The van der Waals surface area contributed by atoms with Crippen molar-refractivity contribution >= 4 is 23.6 Å². The highest BCUT2D eigenvalue weighted by Crippen LogP contribution is 2.20. The van der Waals surface area contributed by atoms with Crippen LogP contribution in [-0.4, -0.2) is 23.1 Å². The Morgan fingerprint density at radius 2 is 1.86 bits per heavy atom. The molecule has 1 rings (SSSR count). The first-order valence-corrected chi connectivity index (χ1v) is 7.04. The summed E-state index contributed by atoms with van der Waals surface area (Å²) in [4.78, 5) is 23.2. The van der Waals surface area contributed by atoms with E-state index >= 15 is 0 Å². The fraction of sp³-hybridized carbons (Fsp3) is 0.467. The van der Waals surface area contributed by atoms with Crippen molar-refractivity contribution in [3.05, 3.63) is 34.9 Å². The third-order valence-electron chi connectivity index (χ3n) is 3.08. The maximum Gasteiger partial charge on any atom is 0.326 e. The predicted octanol–water partition coefficient (Wildman–Crippen LogP) is 3.20. The number of urea groups is 1. The van der Waals surface area contributed by atoms with Gasteiger partial charge in [-0.2, -0.15) is 0 Å². The van der Waals surface area contributed by atoms with Crippen molar-refractivity contribution in [2.75, 3.05) is 0 Å². The molecule has 0 saturated heterocycles. The number of hydrogen-bond acceptors (Lipinski definition) is 2. The van der Waals surface area contributed by atoms with E-state index < -0.39 is 23.5 Å². The monoisotopic (exact) mass is 312 g/mol. The molecular weight excluding hydrogens is 292 g/mol. The number of carboxylic acid groups (broad SMARTS) is 1. The quantitative estimate of drug-likeness (QED) is 0.799. The standard InChI is InChI=1S/C15H21ClN2O3/c1-9(10-6-5-7-11(16)8-10)17-14(21)18-12(13(19)20)15(2,3)4/h5-9,12H,1-4H3,(H,19,20)(H2,17,18,21). The van der Waals surface area contributed by atoms with Crippen LogP contribution >= 0.6 is 11.6 Å². The van der Waals surface area contributed by atoms with Gasteiger partial charge < -0.3 is 15.7 Å². The molecule has 21 heavy (non-hydrogen) atoms. The first kappa shape index (κ1) is 17.3. The van der Waals surface area contributed by atoms with Crippen LogP contribution < -0.4 is 10.6 Å². The maximum atomic E-state index is 12.0. The predicted molar refractivity (Wildman–Crippen MR) is 82.4 cm³/mol. The molecule has 0 spiro atoms. The number of benzene rings is 1. The van der Waals surface area contributed by atoms with E-state index in [1.54, 1.807) is 45.9 Å². The Balaban J connectivity index is 2.70. The first-order valence-electron chi connectivity index (χ1n) is 6.66. The van der Waals surface area contributed by atoms with Crippen LogP contribution in [0, 0.1) is 5.41 Å². The Bertz CT molecular complexity index is 526. The SMILES string of the molecule is CC(NC(=O)NC(C(=O)O)C(C)(C)C)c1cccc(Cl)c1.